The number of benzene rings is 1. The normalized spacial score (nSPS) is 10.6. The second-order valence-electron chi connectivity index (χ2n) is 4.76. The van der Waals surface area contributed by atoms with E-state index in [2.05, 4.69) is 10.3 Å². The molecule has 108 valence electrons. The lowest BCUT2D eigenvalue weighted by Crippen LogP contribution is -2.16. The largest absolute Gasteiger partial charge is 0.399 e. The first-order valence-corrected chi connectivity index (χ1v) is 6.53. The molecule has 1 aromatic carbocycles. The van der Waals surface area contributed by atoms with E-state index < -0.39 is 0 Å². The molecular formula is C16H18N4O. The molecule has 0 fully saturated rings. The Balaban J connectivity index is 2.07. The Labute approximate surface area is 124 Å². The Morgan fingerprint density at radius 2 is 1.95 bits per heavy atom. The molecule has 5 heteroatoms. The summed E-state index contributed by atoms with van der Waals surface area (Å²) in [6.07, 6.45) is 4.91. The second kappa shape index (κ2) is 6.56. The number of rotatable bonds is 4. The van der Waals surface area contributed by atoms with Crippen LogP contribution >= 0.6 is 0 Å². The van der Waals surface area contributed by atoms with Gasteiger partial charge < -0.3 is 16.0 Å². The molecule has 5 nitrogen and oxygen atoms in total. The smallest absolute Gasteiger partial charge is 0.248 e. The first-order valence-electron chi connectivity index (χ1n) is 6.53. The topological polar surface area (TPSA) is 71.2 Å². The van der Waals surface area contributed by atoms with Crippen LogP contribution in [0.3, 0.4) is 0 Å². The van der Waals surface area contributed by atoms with Crippen molar-refractivity contribution < 1.29 is 4.79 Å². The predicted molar refractivity (Wildman–Crippen MR) is 87.1 cm³/mol. The van der Waals surface area contributed by atoms with Crippen molar-refractivity contribution in [2.24, 2.45) is 0 Å². The van der Waals surface area contributed by atoms with Gasteiger partial charge in [0, 0.05) is 32.1 Å². The molecule has 2 aromatic rings. The number of nitrogens with zero attached hydrogens (tertiary/aromatic N) is 2. The summed E-state index contributed by atoms with van der Waals surface area (Å²) < 4.78 is 0. The lowest BCUT2D eigenvalue weighted by molar-refractivity contribution is -0.111. The molecule has 1 amide bonds. The molecule has 1 aromatic heterocycles. The molecule has 0 saturated carbocycles. The van der Waals surface area contributed by atoms with Crippen molar-refractivity contribution in [1.82, 2.24) is 4.98 Å². The van der Waals surface area contributed by atoms with Gasteiger partial charge in [0.25, 0.3) is 0 Å². The SMILES string of the molecule is CN(C)c1ncccc1NC(=O)/C=C/c1ccc(N)cc1. The van der Waals surface area contributed by atoms with Crippen LogP contribution in [0.1, 0.15) is 5.56 Å². The maximum Gasteiger partial charge on any atom is 0.248 e. The van der Waals surface area contributed by atoms with Crippen molar-refractivity contribution in [3.63, 3.8) is 0 Å². The van der Waals surface area contributed by atoms with Crippen LogP contribution in [0.5, 0.6) is 0 Å². The van der Waals surface area contributed by atoms with Crippen LogP contribution in [-0.4, -0.2) is 25.0 Å². The van der Waals surface area contributed by atoms with Crippen molar-refractivity contribution in [2.45, 2.75) is 0 Å². The van der Waals surface area contributed by atoms with Gasteiger partial charge in [-0.15, -0.1) is 0 Å². The zero-order valence-electron chi connectivity index (χ0n) is 12.1. The summed E-state index contributed by atoms with van der Waals surface area (Å²) in [5.74, 6) is 0.509. The Kier molecular flexibility index (Phi) is 4.56. The maximum absolute atomic E-state index is 12.0. The van der Waals surface area contributed by atoms with E-state index in [1.165, 1.54) is 6.08 Å². The van der Waals surface area contributed by atoms with Crippen molar-refractivity contribution in [3.05, 3.63) is 54.2 Å². The van der Waals surface area contributed by atoms with Gasteiger partial charge in [0.2, 0.25) is 5.91 Å². The quantitative estimate of drug-likeness (QED) is 0.667. The van der Waals surface area contributed by atoms with Crippen molar-refractivity contribution in [2.75, 3.05) is 30.0 Å². The Bertz CT molecular complexity index is 648. The summed E-state index contributed by atoms with van der Waals surface area (Å²) in [7, 11) is 3.75. The minimum absolute atomic E-state index is 0.206. The minimum Gasteiger partial charge on any atom is -0.399 e. The summed E-state index contributed by atoms with van der Waals surface area (Å²) in [5, 5.41) is 2.82. The zero-order valence-corrected chi connectivity index (χ0v) is 12.1. The number of pyridine rings is 1. The van der Waals surface area contributed by atoms with Gasteiger partial charge in [0.15, 0.2) is 5.82 Å². The van der Waals surface area contributed by atoms with Gasteiger partial charge in [0.1, 0.15) is 0 Å². The minimum atomic E-state index is -0.206. The van der Waals surface area contributed by atoms with Crippen LogP contribution in [0.15, 0.2) is 48.7 Å². The van der Waals surface area contributed by atoms with Crippen LogP contribution in [0.2, 0.25) is 0 Å². The number of nitrogens with two attached hydrogens (primary N) is 1. The molecule has 2 rings (SSSR count). The molecule has 21 heavy (non-hydrogen) atoms. The van der Waals surface area contributed by atoms with Crippen molar-refractivity contribution in [1.29, 1.82) is 0 Å². The van der Waals surface area contributed by atoms with Crippen molar-refractivity contribution >= 4 is 29.2 Å². The summed E-state index contributed by atoms with van der Waals surface area (Å²) in [6.45, 7) is 0. The second-order valence-corrected chi connectivity index (χ2v) is 4.76. The van der Waals surface area contributed by atoms with E-state index in [9.17, 15) is 4.79 Å². The molecule has 0 aliphatic carbocycles. The molecule has 0 unspecified atom stereocenters. The van der Waals surface area contributed by atoms with Gasteiger partial charge >= 0.3 is 0 Å². The number of aromatic nitrogens is 1. The first kappa shape index (κ1) is 14.6. The van der Waals surface area contributed by atoms with E-state index in [4.69, 9.17) is 5.73 Å². The van der Waals surface area contributed by atoms with E-state index >= 15 is 0 Å². The third-order valence-electron chi connectivity index (χ3n) is 2.83. The summed E-state index contributed by atoms with van der Waals surface area (Å²) in [6, 6.07) is 10.9. The maximum atomic E-state index is 12.0. The van der Waals surface area contributed by atoms with Gasteiger partial charge in [0.05, 0.1) is 5.69 Å². The van der Waals surface area contributed by atoms with Crippen LogP contribution in [-0.2, 0) is 4.79 Å². The number of nitrogen functional groups attached to an aromatic ring is 1. The number of amides is 1. The number of hydrogen-bond acceptors (Lipinski definition) is 4. The third-order valence-corrected chi connectivity index (χ3v) is 2.83. The Hall–Kier alpha value is -2.82. The number of nitrogens with one attached hydrogen (secondary N) is 1. The fourth-order valence-corrected chi connectivity index (χ4v) is 1.80. The molecule has 0 bridgehead atoms. The van der Waals surface area contributed by atoms with E-state index in [0.29, 0.717) is 17.2 Å². The number of carbonyl (C=O) groups excluding carboxylic acids is 1. The lowest BCUT2D eigenvalue weighted by atomic mass is 10.2. The summed E-state index contributed by atoms with van der Waals surface area (Å²) in [4.78, 5) is 18.0. The molecule has 0 saturated heterocycles. The molecule has 0 aliphatic heterocycles. The first-order chi connectivity index (χ1) is 10.1. The highest BCUT2D eigenvalue weighted by atomic mass is 16.1. The highest BCUT2D eigenvalue weighted by Gasteiger charge is 2.06. The lowest BCUT2D eigenvalue weighted by Gasteiger charge is -2.15. The van der Waals surface area contributed by atoms with Gasteiger partial charge in [-0.1, -0.05) is 12.1 Å². The standard InChI is InChI=1S/C16H18N4O/c1-20(2)16-14(4-3-11-18-16)19-15(21)10-7-12-5-8-13(17)9-6-12/h3-11H,17H2,1-2H3,(H,19,21)/b10-7+. The molecule has 1 heterocycles. The Morgan fingerprint density at radius 3 is 2.62 bits per heavy atom. The van der Waals surface area contributed by atoms with Gasteiger partial charge in [-0.25, -0.2) is 4.98 Å². The highest BCUT2D eigenvalue weighted by Crippen LogP contribution is 2.20. The molecule has 0 radical (unpaired) electrons. The molecule has 0 spiro atoms. The predicted octanol–water partition coefficient (Wildman–Crippen LogP) is 2.38. The van der Waals surface area contributed by atoms with E-state index in [0.717, 1.165) is 5.56 Å². The van der Waals surface area contributed by atoms with Gasteiger partial charge in [-0.2, -0.15) is 0 Å². The monoisotopic (exact) mass is 282 g/mol. The number of carbonyl (C=O) groups is 1. The molecule has 3 N–H and O–H groups in total. The molecule has 0 atom stereocenters. The number of hydrogen-bond donors (Lipinski definition) is 2. The third kappa shape index (κ3) is 4.07. The molecule has 0 aliphatic rings. The zero-order chi connectivity index (χ0) is 15.2. The van der Waals surface area contributed by atoms with Gasteiger partial charge in [-0.3, -0.25) is 4.79 Å². The summed E-state index contributed by atoms with van der Waals surface area (Å²) in [5.41, 5.74) is 7.90. The number of anilines is 3. The highest BCUT2D eigenvalue weighted by molar-refractivity contribution is 6.03. The van der Waals surface area contributed by atoms with Crippen LogP contribution in [0, 0.1) is 0 Å². The van der Waals surface area contributed by atoms with Crippen LogP contribution < -0.4 is 16.0 Å². The van der Waals surface area contributed by atoms with E-state index in [1.807, 2.05) is 37.2 Å². The molecular weight excluding hydrogens is 264 g/mol. The van der Waals surface area contributed by atoms with Crippen molar-refractivity contribution in [3.8, 4) is 0 Å². The van der Waals surface area contributed by atoms with E-state index in [-0.39, 0.29) is 5.91 Å². The Morgan fingerprint density at radius 1 is 1.24 bits per heavy atom. The van der Waals surface area contributed by atoms with Crippen LogP contribution in [0.4, 0.5) is 17.2 Å². The average Bonchev–Trinajstić information content (AvgIpc) is 2.47. The fourth-order valence-electron chi connectivity index (χ4n) is 1.80. The van der Waals surface area contributed by atoms with Crippen LogP contribution in [0.25, 0.3) is 6.08 Å². The van der Waals surface area contributed by atoms with E-state index in [1.54, 1.807) is 30.5 Å². The fraction of sp³-hybridized carbons (Fsp3) is 0.125. The summed E-state index contributed by atoms with van der Waals surface area (Å²) >= 11 is 0. The van der Waals surface area contributed by atoms with Gasteiger partial charge in [-0.05, 0) is 35.9 Å². The average molecular weight is 282 g/mol.